The van der Waals surface area contributed by atoms with Gasteiger partial charge in [-0.3, -0.25) is 9.59 Å². The first-order valence-electron chi connectivity index (χ1n) is 8.49. The van der Waals surface area contributed by atoms with Crippen LogP contribution in [-0.4, -0.2) is 30.1 Å². The Bertz CT molecular complexity index is 711. The summed E-state index contributed by atoms with van der Waals surface area (Å²) in [4.78, 5) is 24.0. The molecule has 5 heteroatoms. The van der Waals surface area contributed by atoms with Gasteiger partial charge in [0.1, 0.15) is 0 Å². The van der Waals surface area contributed by atoms with Crippen LogP contribution in [0.5, 0.6) is 0 Å². The molecule has 0 heterocycles. The topological polar surface area (TPSA) is 78.4 Å². The number of aliphatic hydroxyl groups is 1. The zero-order valence-corrected chi connectivity index (χ0v) is 14.4. The van der Waals surface area contributed by atoms with E-state index in [0.717, 1.165) is 12.0 Å². The smallest absolute Gasteiger partial charge is 0.251 e. The normalized spacial score (nSPS) is 10.3. The summed E-state index contributed by atoms with van der Waals surface area (Å²) in [6.45, 7) is 2.57. The number of aliphatic hydroxyl groups excluding tert-OH is 1. The molecule has 0 bridgehead atoms. The average molecular weight is 340 g/mol. The summed E-state index contributed by atoms with van der Waals surface area (Å²) < 4.78 is 0. The summed E-state index contributed by atoms with van der Waals surface area (Å²) in [6, 6.07) is 14.8. The van der Waals surface area contributed by atoms with Gasteiger partial charge in [0.2, 0.25) is 5.91 Å². The molecule has 0 spiro atoms. The number of carbonyl (C=O) groups excluding carboxylic acids is 2. The van der Waals surface area contributed by atoms with Gasteiger partial charge >= 0.3 is 0 Å². The zero-order valence-electron chi connectivity index (χ0n) is 14.4. The van der Waals surface area contributed by atoms with Gasteiger partial charge < -0.3 is 15.7 Å². The third-order valence-corrected chi connectivity index (χ3v) is 3.82. The lowest BCUT2D eigenvalue weighted by molar-refractivity contribution is -0.115. The van der Waals surface area contributed by atoms with Gasteiger partial charge in [0.25, 0.3) is 5.91 Å². The molecule has 3 N–H and O–H groups in total. The summed E-state index contributed by atoms with van der Waals surface area (Å²) in [7, 11) is 0. The van der Waals surface area contributed by atoms with E-state index in [1.165, 1.54) is 5.56 Å². The molecular formula is C20H24N2O3. The van der Waals surface area contributed by atoms with E-state index in [1.54, 1.807) is 24.3 Å². The Kier molecular flexibility index (Phi) is 7.16. The number of carbonyl (C=O) groups is 2. The first-order chi connectivity index (χ1) is 12.1. The van der Waals surface area contributed by atoms with Gasteiger partial charge in [0, 0.05) is 24.4 Å². The van der Waals surface area contributed by atoms with E-state index >= 15 is 0 Å². The maximum Gasteiger partial charge on any atom is 0.251 e. The maximum atomic E-state index is 12.2. The summed E-state index contributed by atoms with van der Waals surface area (Å²) in [5.41, 5.74) is 3.37. The molecular weight excluding hydrogens is 316 g/mol. The van der Waals surface area contributed by atoms with Crippen molar-refractivity contribution in [3.63, 3.8) is 0 Å². The van der Waals surface area contributed by atoms with E-state index in [2.05, 4.69) is 17.6 Å². The second kappa shape index (κ2) is 9.59. The van der Waals surface area contributed by atoms with E-state index < -0.39 is 0 Å². The van der Waals surface area contributed by atoms with Crippen LogP contribution in [0, 0.1) is 0 Å². The van der Waals surface area contributed by atoms with Gasteiger partial charge in [0.15, 0.2) is 0 Å². The zero-order chi connectivity index (χ0) is 18.1. The van der Waals surface area contributed by atoms with Crippen LogP contribution in [0.2, 0.25) is 0 Å². The van der Waals surface area contributed by atoms with E-state index in [-0.39, 0.29) is 18.4 Å². The van der Waals surface area contributed by atoms with Crippen molar-refractivity contribution in [2.24, 2.45) is 0 Å². The highest BCUT2D eigenvalue weighted by Crippen LogP contribution is 2.12. The van der Waals surface area contributed by atoms with Crippen LogP contribution in [0.25, 0.3) is 0 Å². The predicted molar refractivity (Wildman–Crippen MR) is 98.6 cm³/mol. The fourth-order valence-electron chi connectivity index (χ4n) is 2.44. The molecule has 0 unspecified atom stereocenters. The molecule has 2 aromatic rings. The Morgan fingerprint density at radius 2 is 1.76 bits per heavy atom. The lowest BCUT2D eigenvalue weighted by atomic mass is 10.1. The molecule has 2 aromatic carbocycles. The van der Waals surface area contributed by atoms with Gasteiger partial charge in [-0.15, -0.1) is 0 Å². The monoisotopic (exact) mass is 340 g/mol. The van der Waals surface area contributed by atoms with Crippen LogP contribution in [0.3, 0.4) is 0 Å². The highest BCUT2D eigenvalue weighted by atomic mass is 16.3. The SMILES string of the molecule is CCc1cccc(CC(=O)Nc2ccc(C(=O)NCCCO)cc2)c1. The minimum Gasteiger partial charge on any atom is -0.396 e. The van der Waals surface area contributed by atoms with Gasteiger partial charge in [-0.2, -0.15) is 0 Å². The van der Waals surface area contributed by atoms with E-state index in [4.69, 9.17) is 5.11 Å². The van der Waals surface area contributed by atoms with Crippen molar-refractivity contribution in [1.82, 2.24) is 5.32 Å². The van der Waals surface area contributed by atoms with Crippen LogP contribution < -0.4 is 10.6 Å². The van der Waals surface area contributed by atoms with Gasteiger partial charge in [-0.25, -0.2) is 0 Å². The molecule has 0 atom stereocenters. The Morgan fingerprint density at radius 1 is 1.04 bits per heavy atom. The number of anilines is 1. The average Bonchev–Trinajstić information content (AvgIpc) is 2.62. The first-order valence-corrected chi connectivity index (χ1v) is 8.49. The molecule has 0 aromatic heterocycles. The van der Waals surface area contributed by atoms with Gasteiger partial charge in [0.05, 0.1) is 6.42 Å². The molecule has 5 nitrogen and oxygen atoms in total. The Hall–Kier alpha value is -2.66. The highest BCUT2D eigenvalue weighted by molar-refractivity contribution is 5.96. The van der Waals surface area contributed by atoms with Crippen molar-refractivity contribution in [3.8, 4) is 0 Å². The van der Waals surface area contributed by atoms with Crippen LogP contribution in [0.4, 0.5) is 5.69 Å². The number of hydrogen-bond donors (Lipinski definition) is 3. The van der Waals surface area contributed by atoms with Crippen molar-refractivity contribution >= 4 is 17.5 Å². The fraction of sp³-hybridized carbons (Fsp3) is 0.300. The van der Waals surface area contributed by atoms with Crippen LogP contribution >= 0.6 is 0 Å². The molecule has 0 aliphatic rings. The lowest BCUT2D eigenvalue weighted by Gasteiger charge is -2.08. The van der Waals surface area contributed by atoms with E-state index in [9.17, 15) is 9.59 Å². The molecule has 2 amide bonds. The van der Waals surface area contributed by atoms with Crippen LogP contribution in [0.1, 0.15) is 34.8 Å². The van der Waals surface area contributed by atoms with Gasteiger partial charge in [-0.05, 0) is 48.2 Å². The molecule has 132 valence electrons. The van der Waals surface area contributed by atoms with Gasteiger partial charge in [-0.1, -0.05) is 31.2 Å². The third-order valence-electron chi connectivity index (χ3n) is 3.82. The summed E-state index contributed by atoms with van der Waals surface area (Å²) in [6.07, 6.45) is 1.79. The number of nitrogens with one attached hydrogen (secondary N) is 2. The standard InChI is InChI=1S/C20H24N2O3/c1-2-15-5-3-6-16(13-15)14-19(24)22-18-9-7-17(8-10-18)20(25)21-11-4-12-23/h3,5-10,13,23H,2,4,11-12,14H2,1H3,(H,21,25)(H,22,24). The number of hydrogen-bond acceptors (Lipinski definition) is 3. The maximum absolute atomic E-state index is 12.2. The van der Waals surface area contributed by atoms with Crippen molar-refractivity contribution in [3.05, 3.63) is 65.2 Å². The first kappa shape index (κ1) is 18.7. The summed E-state index contributed by atoms with van der Waals surface area (Å²) in [5.74, 6) is -0.281. The number of benzene rings is 2. The molecule has 0 saturated carbocycles. The summed E-state index contributed by atoms with van der Waals surface area (Å²) in [5, 5.41) is 14.3. The van der Waals surface area contributed by atoms with Crippen molar-refractivity contribution < 1.29 is 14.7 Å². The number of amides is 2. The molecule has 0 saturated heterocycles. The lowest BCUT2D eigenvalue weighted by Crippen LogP contribution is -2.25. The minimum atomic E-state index is -0.192. The summed E-state index contributed by atoms with van der Waals surface area (Å²) >= 11 is 0. The third kappa shape index (κ3) is 6.04. The largest absolute Gasteiger partial charge is 0.396 e. The highest BCUT2D eigenvalue weighted by Gasteiger charge is 2.07. The number of aryl methyl sites for hydroxylation is 1. The van der Waals surface area contributed by atoms with Crippen LogP contribution in [0.15, 0.2) is 48.5 Å². The Balaban J connectivity index is 1.89. The molecule has 0 aliphatic carbocycles. The second-order valence-corrected chi connectivity index (χ2v) is 5.81. The fourth-order valence-corrected chi connectivity index (χ4v) is 2.44. The van der Waals surface area contributed by atoms with Crippen molar-refractivity contribution in [2.75, 3.05) is 18.5 Å². The minimum absolute atomic E-state index is 0.0480. The molecule has 0 fully saturated rings. The Morgan fingerprint density at radius 3 is 2.44 bits per heavy atom. The Labute approximate surface area is 148 Å². The predicted octanol–water partition coefficient (Wildman–Crippen LogP) is 2.54. The molecule has 2 rings (SSSR count). The van der Waals surface area contributed by atoms with Crippen molar-refractivity contribution in [1.29, 1.82) is 0 Å². The number of rotatable bonds is 8. The van der Waals surface area contributed by atoms with E-state index in [0.29, 0.717) is 30.6 Å². The molecule has 0 aliphatic heterocycles. The van der Waals surface area contributed by atoms with Crippen LogP contribution in [-0.2, 0) is 17.6 Å². The quantitative estimate of drug-likeness (QED) is 0.646. The molecule has 25 heavy (non-hydrogen) atoms. The van der Waals surface area contributed by atoms with E-state index in [1.807, 2.05) is 24.3 Å². The molecule has 0 radical (unpaired) electrons. The second-order valence-electron chi connectivity index (χ2n) is 5.81. The van der Waals surface area contributed by atoms with Crippen molar-refractivity contribution in [2.45, 2.75) is 26.2 Å².